The lowest BCUT2D eigenvalue weighted by Crippen LogP contribution is -2.22. The Morgan fingerprint density at radius 2 is 2.06 bits per heavy atom. The van der Waals surface area contributed by atoms with Crippen LogP contribution in [0.4, 0.5) is 10.1 Å². The van der Waals surface area contributed by atoms with E-state index in [-0.39, 0.29) is 5.82 Å². The minimum absolute atomic E-state index is 0.369. The van der Waals surface area contributed by atoms with E-state index < -0.39 is 5.97 Å². The van der Waals surface area contributed by atoms with Crippen LogP contribution in [0.3, 0.4) is 0 Å². The third-order valence-electron chi connectivity index (χ3n) is 2.50. The molecule has 0 spiro atoms. The van der Waals surface area contributed by atoms with Gasteiger partial charge in [-0.25, -0.2) is 9.18 Å². The van der Waals surface area contributed by atoms with Crippen molar-refractivity contribution in [2.75, 3.05) is 18.0 Å². The predicted molar refractivity (Wildman–Crippen MR) is 66.6 cm³/mol. The molecule has 1 aromatic carbocycles. The highest BCUT2D eigenvalue weighted by Crippen LogP contribution is 2.22. The molecule has 0 bridgehead atoms. The molecular weight excluding hydrogens is 221 g/mol. The summed E-state index contributed by atoms with van der Waals surface area (Å²) in [7, 11) is 0. The first-order valence-corrected chi connectivity index (χ1v) is 5.54. The van der Waals surface area contributed by atoms with Gasteiger partial charge in [-0.3, -0.25) is 0 Å². The van der Waals surface area contributed by atoms with Gasteiger partial charge in [0, 0.05) is 30.4 Å². The number of hydrogen-bond donors (Lipinski definition) is 1. The maximum absolute atomic E-state index is 13.1. The van der Waals surface area contributed by atoms with E-state index in [1.54, 1.807) is 6.07 Å². The Labute approximate surface area is 100 Å². The third kappa shape index (κ3) is 3.59. The molecule has 1 aromatic rings. The Kier molecular flexibility index (Phi) is 4.69. The molecule has 0 unspecified atom stereocenters. The number of halogens is 1. The molecule has 0 saturated carbocycles. The van der Waals surface area contributed by atoms with E-state index in [1.807, 2.05) is 18.7 Å². The van der Waals surface area contributed by atoms with Crippen molar-refractivity contribution in [2.45, 2.75) is 13.8 Å². The summed E-state index contributed by atoms with van der Waals surface area (Å²) >= 11 is 0. The Morgan fingerprint density at radius 1 is 1.41 bits per heavy atom. The lowest BCUT2D eigenvalue weighted by Gasteiger charge is -2.23. The Bertz CT molecular complexity index is 425. The van der Waals surface area contributed by atoms with Gasteiger partial charge in [0.15, 0.2) is 0 Å². The van der Waals surface area contributed by atoms with Crippen LogP contribution in [0.2, 0.25) is 0 Å². The summed E-state index contributed by atoms with van der Waals surface area (Å²) in [4.78, 5) is 12.5. The van der Waals surface area contributed by atoms with Crippen molar-refractivity contribution in [3.63, 3.8) is 0 Å². The fourth-order valence-corrected chi connectivity index (χ4v) is 1.67. The lowest BCUT2D eigenvalue weighted by molar-refractivity contribution is -0.131. The van der Waals surface area contributed by atoms with E-state index in [9.17, 15) is 9.18 Å². The number of carbonyl (C=O) groups is 1. The molecule has 0 heterocycles. The van der Waals surface area contributed by atoms with Crippen LogP contribution in [-0.2, 0) is 4.79 Å². The Morgan fingerprint density at radius 3 is 2.59 bits per heavy atom. The van der Waals surface area contributed by atoms with Gasteiger partial charge < -0.3 is 10.0 Å². The minimum Gasteiger partial charge on any atom is -0.478 e. The molecule has 0 fully saturated rings. The van der Waals surface area contributed by atoms with E-state index in [0.29, 0.717) is 5.56 Å². The summed E-state index contributed by atoms with van der Waals surface area (Å²) in [6.45, 7) is 5.57. The van der Waals surface area contributed by atoms with Crippen LogP contribution in [0.25, 0.3) is 6.08 Å². The normalized spacial score (nSPS) is 10.8. The van der Waals surface area contributed by atoms with Crippen LogP contribution in [0.5, 0.6) is 0 Å². The molecule has 0 aliphatic heterocycles. The molecule has 1 N–H and O–H groups in total. The Balaban J connectivity index is 3.15. The largest absolute Gasteiger partial charge is 0.478 e. The number of aliphatic carboxylic acids is 1. The number of benzene rings is 1. The molecule has 4 heteroatoms. The first kappa shape index (κ1) is 13.2. The van der Waals surface area contributed by atoms with Crippen molar-refractivity contribution >= 4 is 17.7 Å². The smallest absolute Gasteiger partial charge is 0.328 e. The number of rotatable bonds is 5. The molecule has 1 rings (SSSR count). The number of anilines is 1. The van der Waals surface area contributed by atoms with Crippen LogP contribution < -0.4 is 4.90 Å². The van der Waals surface area contributed by atoms with Crippen molar-refractivity contribution in [2.24, 2.45) is 0 Å². The summed E-state index contributed by atoms with van der Waals surface area (Å²) in [5.74, 6) is -1.41. The minimum atomic E-state index is -1.04. The molecule has 3 nitrogen and oxygen atoms in total. The number of carboxylic acid groups (broad SMARTS) is 1. The van der Waals surface area contributed by atoms with Crippen LogP contribution in [-0.4, -0.2) is 24.2 Å². The molecular formula is C13H16FNO2. The van der Waals surface area contributed by atoms with Crippen molar-refractivity contribution in [3.05, 3.63) is 35.7 Å². The van der Waals surface area contributed by atoms with Gasteiger partial charge in [0.25, 0.3) is 0 Å². The van der Waals surface area contributed by atoms with E-state index in [4.69, 9.17) is 5.11 Å². The van der Waals surface area contributed by atoms with Gasteiger partial charge >= 0.3 is 5.97 Å². The highest BCUT2D eigenvalue weighted by Gasteiger charge is 2.07. The van der Waals surface area contributed by atoms with E-state index in [1.165, 1.54) is 18.2 Å². The topological polar surface area (TPSA) is 40.5 Å². The summed E-state index contributed by atoms with van der Waals surface area (Å²) in [5.41, 5.74) is 1.42. The maximum atomic E-state index is 13.1. The number of nitrogens with zero attached hydrogens (tertiary/aromatic N) is 1. The second-order valence-corrected chi connectivity index (χ2v) is 3.55. The Hall–Kier alpha value is -1.84. The van der Waals surface area contributed by atoms with Gasteiger partial charge in [-0.15, -0.1) is 0 Å². The third-order valence-corrected chi connectivity index (χ3v) is 2.50. The lowest BCUT2D eigenvalue weighted by atomic mass is 10.1. The zero-order chi connectivity index (χ0) is 12.8. The van der Waals surface area contributed by atoms with Crippen LogP contribution in [0, 0.1) is 5.82 Å². The van der Waals surface area contributed by atoms with Gasteiger partial charge in [-0.05, 0) is 38.1 Å². The van der Waals surface area contributed by atoms with Crippen molar-refractivity contribution in [1.29, 1.82) is 0 Å². The quantitative estimate of drug-likeness (QED) is 0.800. The van der Waals surface area contributed by atoms with Crippen molar-refractivity contribution in [1.82, 2.24) is 0 Å². The highest BCUT2D eigenvalue weighted by atomic mass is 19.1. The molecule has 92 valence electrons. The van der Waals surface area contributed by atoms with Gasteiger partial charge in [0.1, 0.15) is 5.82 Å². The van der Waals surface area contributed by atoms with Gasteiger partial charge in [0.2, 0.25) is 0 Å². The van der Waals surface area contributed by atoms with Crippen molar-refractivity contribution < 1.29 is 14.3 Å². The predicted octanol–water partition coefficient (Wildman–Crippen LogP) is 2.77. The molecule has 17 heavy (non-hydrogen) atoms. The average Bonchev–Trinajstić information content (AvgIpc) is 2.30. The summed E-state index contributed by atoms with van der Waals surface area (Å²) in [6.07, 6.45) is 2.43. The van der Waals surface area contributed by atoms with E-state index in [2.05, 4.69) is 0 Å². The SMILES string of the molecule is CCN(CC)c1ccc(F)cc1/C=C/C(=O)O. The molecule has 0 amide bonds. The first-order chi connectivity index (χ1) is 8.08. The first-order valence-electron chi connectivity index (χ1n) is 5.54. The summed E-state index contributed by atoms with van der Waals surface area (Å²) in [5, 5.41) is 8.59. The molecule has 0 atom stereocenters. The van der Waals surface area contributed by atoms with Crippen LogP contribution >= 0.6 is 0 Å². The van der Waals surface area contributed by atoms with Crippen LogP contribution in [0.1, 0.15) is 19.4 Å². The molecule has 0 aromatic heterocycles. The second-order valence-electron chi connectivity index (χ2n) is 3.55. The fraction of sp³-hybridized carbons (Fsp3) is 0.308. The summed E-state index contributed by atoms with van der Waals surface area (Å²) in [6, 6.07) is 4.39. The van der Waals surface area contributed by atoms with E-state index >= 15 is 0 Å². The average molecular weight is 237 g/mol. The molecule has 0 radical (unpaired) electrons. The van der Waals surface area contributed by atoms with Gasteiger partial charge in [-0.2, -0.15) is 0 Å². The van der Waals surface area contributed by atoms with E-state index in [0.717, 1.165) is 24.9 Å². The highest BCUT2D eigenvalue weighted by molar-refractivity contribution is 5.87. The zero-order valence-electron chi connectivity index (χ0n) is 9.98. The molecule has 0 aliphatic rings. The monoisotopic (exact) mass is 237 g/mol. The zero-order valence-corrected chi connectivity index (χ0v) is 9.98. The summed E-state index contributed by atoms with van der Waals surface area (Å²) < 4.78 is 13.1. The molecule has 0 aliphatic carbocycles. The molecule has 0 saturated heterocycles. The standard InChI is InChI=1S/C13H16FNO2/c1-3-15(4-2)12-7-6-11(14)9-10(12)5-8-13(16)17/h5-9H,3-4H2,1-2H3,(H,16,17)/b8-5+. The number of carboxylic acids is 1. The van der Waals surface area contributed by atoms with Crippen molar-refractivity contribution in [3.8, 4) is 0 Å². The maximum Gasteiger partial charge on any atom is 0.328 e. The van der Waals surface area contributed by atoms with Gasteiger partial charge in [-0.1, -0.05) is 0 Å². The fourth-order valence-electron chi connectivity index (χ4n) is 1.67. The second kappa shape index (κ2) is 6.03. The number of hydrogen-bond acceptors (Lipinski definition) is 2. The van der Waals surface area contributed by atoms with Crippen LogP contribution in [0.15, 0.2) is 24.3 Å². The van der Waals surface area contributed by atoms with Gasteiger partial charge in [0.05, 0.1) is 0 Å².